The highest BCUT2D eigenvalue weighted by Gasteiger charge is 2.24. The van der Waals surface area contributed by atoms with Crippen LogP contribution in [0.5, 0.6) is 0 Å². The van der Waals surface area contributed by atoms with Gasteiger partial charge in [0.15, 0.2) is 0 Å². The zero-order chi connectivity index (χ0) is 13.1. The smallest absolute Gasteiger partial charge is 0.255 e. The summed E-state index contributed by atoms with van der Waals surface area (Å²) in [6, 6.07) is 4.69. The van der Waals surface area contributed by atoms with Crippen LogP contribution in [-0.2, 0) is 0 Å². The minimum Gasteiger partial charge on any atom is -0.337 e. The van der Waals surface area contributed by atoms with Crippen molar-refractivity contribution in [1.29, 1.82) is 0 Å². The van der Waals surface area contributed by atoms with E-state index in [-0.39, 0.29) is 11.7 Å². The van der Waals surface area contributed by atoms with Crippen molar-refractivity contribution in [2.24, 2.45) is 0 Å². The predicted octanol–water partition coefficient (Wildman–Crippen LogP) is 2.25. The largest absolute Gasteiger partial charge is 0.337 e. The van der Waals surface area contributed by atoms with E-state index < -0.39 is 0 Å². The molecule has 0 aromatic heterocycles. The summed E-state index contributed by atoms with van der Waals surface area (Å²) in [6.07, 6.45) is 2.07. The van der Waals surface area contributed by atoms with Crippen LogP contribution in [0.3, 0.4) is 0 Å². The van der Waals surface area contributed by atoms with Crippen LogP contribution < -0.4 is 5.32 Å². The van der Waals surface area contributed by atoms with Crippen molar-refractivity contribution in [2.75, 3.05) is 20.1 Å². The third-order valence-electron chi connectivity index (χ3n) is 3.28. The third kappa shape index (κ3) is 3.00. The fraction of sp³-hybridized carbons (Fsp3) is 0.462. The highest BCUT2D eigenvalue weighted by molar-refractivity contribution is 14.1. The molecule has 2 rings (SSSR count). The molecule has 18 heavy (non-hydrogen) atoms. The van der Waals surface area contributed by atoms with Gasteiger partial charge in [-0.3, -0.25) is 4.79 Å². The van der Waals surface area contributed by atoms with E-state index in [1.54, 1.807) is 6.07 Å². The Hall–Kier alpha value is -0.690. The quantitative estimate of drug-likeness (QED) is 0.819. The van der Waals surface area contributed by atoms with Crippen LogP contribution in [0.1, 0.15) is 23.2 Å². The first-order valence-corrected chi connectivity index (χ1v) is 7.11. The summed E-state index contributed by atoms with van der Waals surface area (Å²) in [4.78, 5) is 14.2. The number of piperidine rings is 1. The Morgan fingerprint density at radius 3 is 3.06 bits per heavy atom. The Balaban J connectivity index is 2.17. The summed E-state index contributed by atoms with van der Waals surface area (Å²) in [7, 11) is 1.91. The summed E-state index contributed by atoms with van der Waals surface area (Å²) in [5, 5.41) is 3.20. The van der Waals surface area contributed by atoms with Gasteiger partial charge in [0.1, 0.15) is 5.82 Å². The highest BCUT2D eigenvalue weighted by atomic mass is 127. The normalized spacial score (nSPS) is 19.9. The van der Waals surface area contributed by atoms with Gasteiger partial charge in [-0.15, -0.1) is 0 Å². The summed E-state index contributed by atoms with van der Waals surface area (Å²) in [5.41, 5.74) is 0.465. The van der Waals surface area contributed by atoms with E-state index in [0.29, 0.717) is 18.2 Å². The van der Waals surface area contributed by atoms with E-state index in [9.17, 15) is 9.18 Å². The standard InChI is InChI=1S/C13H16FIN2O/c1-16-10-3-2-6-17(8-10)13(18)11-7-9(14)4-5-12(11)15/h4-5,7,10,16H,2-3,6,8H2,1H3. The van der Waals surface area contributed by atoms with Crippen LogP contribution in [-0.4, -0.2) is 37.0 Å². The number of amides is 1. The molecule has 5 heteroatoms. The maximum atomic E-state index is 13.2. The average Bonchev–Trinajstić information content (AvgIpc) is 2.41. The molecule has 1 unspecified atom stereocenters. The molecule has 0 saturated carbocycles. The molecule has 1 saturated heterocycles. The molecule has 0 aliphatic carbocycles. The second-order valence-electron chi connectivity index (χ2n) is 4.50. The van der Waals surface area contributed by atoms with Gasteiger partial charge in [0, 0.05) is 22.7 Å². The van der Waals surface area contributed by atoms with Gasteiger partial charge in [-0.2, -0.15) is 0 Å². The molecule has 0 spiro atoms. The number of hydrogen-bond acceptors (Lipinski definition) is 2. The van der Waals surface area contributed by atoms with Gasteiger partial charge >= 0.3 is 0 Å². The summed E-state index contributed by atoms with van der Waals surface area (Å²) >= 11 is 2.07. The van der Waals surface area contributed by atoms with Gasteiger partial charge in [0.2, 0.25) is 0 Å². The number of carbonyl (C=O) groups excluding carboxylic acids is 1. The van der Waals surface area contributed by atoms with Crippen LogP contribution in [0.15, 0.2) is 18.2 Å². The average molecular weight is 362 g/mol. The SMILES string of the molecule is CNC1CCCN(C(=O)c2cc(F)ccc2I)C1. The lowest BCUT2D eigenvalue weighted by molar-refractivity contribution is 0.0696. The van der Waals surface area contributed by atoms with Crippen molar-refractivity contribution in [3.05, 3.63) is 33.1 Å². The van der Waals surface area contributed by atoms with Crippen LogP contribution in [0, 0.1) is 9.39 Å². The molecule has 1 N–H and O–H groups in total. The molecule has 1 amide bonds. The number of likely N-dealkylation sites (tertiary alicyclic amines) is 1. The van der Waals surface area contributed by atoms with Gasteiger partial charge in [-0.1, -0.05) is 0 Å². The molecule has 1 heterocycles. The van der Waals surface area contributed by atoms with Crippen molar-refractivity contribution in [2.45, 2.75) is 18.9 Å². The number of nitrogens with one attached hydrogen (secondary N) is 1. The van der Waals surface area contributed by atoms with Gasteiger partial charge in [0.05, 0.1) is 5.56 Å². The molecular formula is C13H16FIN2O. The van der Waals surface area contributed by atoms with Crippen molar-refractivity contribution >= 4 is 28.5 Å². The van der Waals surface area contributed by atoms with Crippen LogP contribution in [0.4, 0.5) is 4.39 Å². The lowest BCUT2D eigenvalue weighted by atomic mass is 10.0. The van der Waals surface area contributed by atoms with Gasteiger partial charge < -0.3 is 10.2 Å². The first-order chi connectivity index (χ1) is 8.61. The van der Waals surface area contributed by atoms with E-state index in [1.165, 1.54) is 12.1 Å². The second kappa shape index (κ2) is 5.97. The van der Waals surface area contributed by atoms with E-state index in [4.69, 9.17) is 0 Å². The van der Waals surface area contributed by atoms with E-state index >= 15 is 0 Å². The van der Waals surface area contributed by atoms with Gasteiger partial charge in [-0.05, 0) is 60.7 Å². The van der Waals surface area contributed by atoms with Crippen molar-refractivity contribution in [3.63, 3.8) is 0 Å². The Morgan fingerprint density at radius 1 is 1.56 bits per heavy atom. The molecular weight excluding hydrogens is 346 g/mol. The number of nitrogens with zero attached hydrogens (tertiary/aromatic N) is 1. The van der Waals surface area contributed by atoms with Gasteiger partial charge in [0.25, 0.3) is 5.91 Å². The zero-order valence-corrected chi connectivity index (χ0v) is 12.4. The predicted molar refractivity (Wildman–Crippen MR) is 77.1 cm³/mol. The molecule has 0 bridgehead atoms. The highest BCUT2D eigenvalue weighted by Crippen LogP contribution is 2.19. The number of rotatable bonds is 2. The lowest BCUT2D eigenvalue weighted by Gasteiger charge is -2.32. The Labute approximate surface area is 120 Å². The summed E-state index contributed by atoms with van der Waals surface area (Å²) in [5.74, 6) is -0.431. The molecule has 1 aliphatic rings. The summed E-state index contributed by atoms with van der Waals surface area (Å²) in [6.45, 7) is 1.45. The fourth-order valence-electron chi connectivity index (χ4n) is 2.23. The van der Waals surface area contributed by atoms with Crippen LogP contribution in [0.25, 0.3) is 0 Å². The van der Waals surface area contributed by atoms with Crippen LogP contribution in [0.2, 0.25) is 0 Å². The van der Waals surface area contributed by atoms with E-state index in [1.807, 2.05) is 11.9 Å². The first-order valence-electron chi connectivity index (χ1n) is 6.03. The van der Waals surface area contributed by atoms with Crippen molar-refractivity contribution in [3.8, 4) is 0 Å². The maximum Gasteiger partial charge on any atom is 0.255 e. The molecule has 1 aliphatic heterocycles. The molecule has 1 fully saturated rings. The number of carbonyl (C=O) groups is 1. The maximum absolute atomic E-state index is 13.2. The molecule has 1 atom stereocenters. The van der Waals surface area contributed by atoms with Gasteiger partial charge in [-0.25, -0.2) is 4.39 Å². The number of benzene rings is 1. The molecule has 3 nitrogen and oxygen atoms in total. The Bertz CT molecular complexity index is 453. The molecule has 0 radical (unpaired) electrons. The third-order valence-corrected chi connectivity index (χ3v) is 4.22. The molecule has 1 aromatic carbocycles. The number of hydrogen-bond donors (Lipinski definition) is 1. The molecule has 98 valence electrons. The minimum absolute atomic E-state index is 0.0705. The summed E-state index contributed by atoms with van der Waals surface area (Å²) < 4.78 is 14.0. The van der Waals surface area contributed by atoms with E-state index in [2.05, 4.69) is 27.9 Å². The zero-order valence-electron chi connectivity index (χ0n) is 10.2. The van der Waals surface area contributed by atoms with Crippen molar-refractivity contribution < 1.29 is 9.18 Å². The molecule has 1 aromatic rings. The number of halogens is 2. The van der Waals surface area contributed by atoms with Crippen molar-refractivity contribution in [1.82, 2.24) is 10.2 Å². The number of likely N-dealkylation sites (N-methyl/N-ethyl adjacent to an activating group) is 1. The van der Waals surface area contributed by atoms with Crippen LogP contribution >= 0.6 is 22.6 Å². The Morgan fingerprint density at radius 2 is 2.33 bits per heavy atom. The second-order valence-corrected chi connectivity index (χ2v) is 5.67. The monoisotopic (exact) mass is 362 g/mol. The van der Waals surface area contributed by atoms with E-state index in [0.717, 1.165) is 23.0 Å². The Kier molecular flexibility index (Phi) is 4.55. The first kappa shape index (κ1) is 13.7. The topological polar surface area (TPSA) is 32.3 Å². The minimum atomic E-state index is -0.360. The fourth-order valence-corrected chi connectivity index (χ4v) is 2.80. The lowest BCUT2D eigenvalue weighted by Crippen LogP contribution is -2.47.